The molecule has 0 saturated heterocycles. The van der Waals surface area contributed by atoms with Gasteiger partial charge >= 0.3 is 5.97 Å². The van der Waals surface area contributed by atoms with Gasteiger partial charge in [0.25, 0.3) is 0 Å². The average Bonchev–Trinajstić information content (AvgIpc) is 2.47. The molecule has 0 spiro atoms. The first-order valence-electron chi connectivity index (χ1n) is 4.77. The van der Waals surface area contributed by atoms with E-state index < -0.39 is 5.97 Å². The van der Waals surface area contributed by atoms with E-state index in [1.54, 1.807) is 0 Å². The van der Waals surface area contributed by atoms with Gasteiger partial charge in [0, 0.05) is 19.4 Å². The Kier molecular flexibility index (Phi) is 2.23. The van der Waals surface area contributed by atoms with Gasteiger partial charge in [0.05, 0.1) is 0 Å². The van der Waals surface area contributed by atoms with Crippen LogP contribution < -0.4 is 0 Å². The number of rotatable bonds is 2. The number of aromatic nitrogens is 3. The van der Waals surface area contributed by atoms with E-state index in [-0.39, 0.29) is 12.3 Å². The van der Waals surface area contributed by atoms with Gasteiger partial charge in [-0.15, -0.1) is 10.2 Å². The molecule has 76 valence electrons. The van der Waals surface area contributed by atoms with E-state index in [1.165, 1.54) is 0 Å². The van der Waals surface area contributed by atoms with Crippen molar-refractivity contribution in [3.8, 4) is 0 Å². The summed E-state index contributed by atoms with van der Waals surface area (Å²) in [4.78, 5) is 10.6. The van der Waals surface area contributed by atoms with E-state index in [0.29, 0.717) is 0 Å². The molecule has 0 aliphatic carbocycles. The van der Waals surface area contributed by atoms with Crippen LogP contribution in [0.2, 0.25) is 0 Å². The zero-order valence-electron chi connectivity index (χ0n) is 8.10. The fourth-order valence-electron chi connectivity index (χ4n) is 1.94. The van der Waals surface area contributed by atoms with E-state index in [4.69, 9.17) is 5.11 Å². The highest BCUT2D eigenvalue weighted by molar-refractivity contribution is 5.67. The number of carboxylic acids is 1. The number of nitrogens with zero attached hydrogens (tertiary/aromatic N) is 3. The van der Waals surface area contributed by atoms with Crippen LogP contribution in [0.15, 0.2) is 0 Å². The Morgan fingerprint density at radius 3 is 3.14 bits per heavy atom. The van der Waals surface area contributed by atoms with Crippen molar-refractivity contribution in [3.05, 3.63) is 11.6 Å². The van der Waals surface area contributed by atoms with E-state index in [1.807, 2.05) is 11.5 Å². The van der Waals surface area contributed by atoms with Gasteiger partial charge in [-0.2, -0.15) is 0 Å². The first-order chi connectivity index (χ1) is 6.66. The van der Waals surface area contributed by atoms with Gasteiger partial charge < -0.3 is 9.67 Å². The van der Waals surface area contributed by atoms with Gasteiger partial charge in [-0.25, -0.2) is 0 Å². The Bertz CT molecular complexity index is 359. The van der Waals surface area contributed by atoms with Crippen molar-refractivity contribution in [2.24, 2.45) is 5.92 Å². The molecule has 2 rings (SSSR count). The Morgan fingerprint density at radius 1 is 1.64 bits per heavy atom. The Balaban J connectivity index is 2.12. The summed E-state index contributed by atoms with van der Waals surface area (Å²) in [5, 5.41) is 16.7. The molecular weight excluding hydrogens is 182 g/mol. The first kappa shape index (κ1) is 9.18. The molecule has 0 radical (unpaired) electrons. The van der Waals surface area contributed by atoms with Crippen LogP contribution in [0.1, 0.15) is 24.5 Å². The van der Waals surface area contributed by atoms with Gasteiger partial charge in [-0.05, 0) is 19.3 Å². The normalized spacial score (nSPS) is 20.5. The number of hydrogen-bond acceptors (Lipinski definition) is 3. The lowest BCUT2D eigenvalue weighted by Gasteiger charge is -2.22. The minimum atomic E-state index is -0.718. The van der Waals surface area contributed by atoms with Crippen LogP contribution in [0.4, 0.5) is 0 Å². The van der Waals surface area contributed by atoms with E-state index in [0.717, 1.165) is 31.0 Å². The van der Waals surface area contributed by atoms with Crippen LogP contribution >= 0.6 is 0 Å². The summed E-state index contributed by atoms with van der Waals surface area (Å²) in [6, 6.07) is 0. The van der Waals surface area contributed by atoms with Gasteiger partial charge in [0.2, 0.25) is 0 Å². The molecule has 0 fully saturated rings. The van der Waals surface area contributed by atoms with Gasteiger partial charge in [-0.3, -0.25) is 4.79 Å². The van der Waals surface area contributed by atoms with E-state index in [9.17, 15) is 4.79 Å². The fraction of sp³-hybridized carbons (Fsp3) is 0.667. The third-order valence-corrected chi connectivity index (χ3v) is 2.69. The minimum Gasteiger partial charge on any atom is -0.481 e. The van der Waals surface area contributed by atoms with Gasteiger partial charge in [0.1, 0.15) is 11.6 Å². The molecular formula is C9H13N3O2. The average molecular weight is 195 g/mol. The monoisotopic (exact) mass is 195 g/mol. The molecule has 1 N–H and O–H groups in total. The zero-order chi connectivity index (χ0) is 10.1. The molecule has 1 atom stereocenters. The highest BCUT2D eigenvalue weighted by Gasteiger charge is 2.22. The molecule has 0 saturated carbocycles. The summed E-state index contributed by atoms with van der Waals surface area (Å²) < 4.78 is 2.02. The molecule has 0 aromatic carbocycles. The fourth-order valence-corrected chi connectivity index (χ4v) is 1.94. The van der Waals surface area contributed by atoms with E-state index >= 15 is 0 Å². The summed E-state index contributed by atoms with van der Waals surface area (Å²) in [5.74, 6) is 1.39. The number of aliphatic carboxylic acids is 1. The van der Waals surface area contributed by atoms with Crippen LogP contribution in [-0.4, -0.2) is 25.8 Å². The first-order valence-corrected chi connectivity index (χ1v) is 4.77. The maximum Gasteiger partial charge on any atom is 0.303 e. The highest BCUT2D eigenvalue weighted by atomic mass is 16.4. The summed E-state index contributed by atoms with van der Waals surface area (Å²) in [6.07, 6.45) is 2.00. The molecule has 1 aliphatic heterocycles. The Morgan fingerprint density at radius 2 is 2.43 bits per heavy atom. The smallest absolute Gasteiger partial charge is 0.303 e. The summed E-state index contributed by atoms with van der Waals surface area (Å²) in [6.45, 7) is 2.65. The van der Waals surface area contributed by atoms with Crippen molar-refractivity contribution in [2.75, 3.05) is 0 Å². The maximum atomic E-state index is 10.6. The SMILES string of the molecule is Cc1nnc2n1CC(CC(=O)O)CC2. The van der Waals surface area contributed by atoms with Crippen LogP contribution in [-0.2, 0) is 17.8 Å². The van der Waals surface area contributed by atoms with Gasteiger partial charge in [-0.1, -0.05) is 0 Å². The maximum absolute atomic E-state index is 10.6. The van der Waals surface area contributed by atoms with Crippen molar-refractivity contribution in [2.45, 2.75) is 32.7 Å². The third-order valence-electron chi connectivity index (χ3n) is 2.69. The summed E-state index contributed by atoms with van der Waals surface area (Å²) >= 11 is 0. The molecule has 0 amide bonds. The molecule has 1 aliphatic rings. The van der Waals surface area contributed by atoms with Crippen LogP contribution in [0, 0.1) is 12.8 Å². The number of carbonyl (C=O) groups is 1. The van der Waals surface area contributed by atoms with Gasteiger partial charge in [0.15, 0.2) is 0 Å². The second kappa shape index (κ2) is 3.40. The second-order valence-corrected chi connectivity index (χ2v) is 3.78. The lowest BCUT2D eigenvalue weighted by atomic mass is 9.96. The largest absolute Gasteiger partial charge is 0.481 e. The van der Waals surface area contributed by atoms with Crippen molar-refractivity contribution in [3.63, 3.8) is 0 Å². The van der Waals surface area contributed by atoms with Crippen molar-refractivity contribution in [1.82, 2.24) is 14.8 Å². The second-order valence-electron chi connectivity index (χ2n) is 3.78. The number of carboxylic acid groups (broad SMARTS) is 1. The molecule has 5 nitrogen and oxygen atoms in total. The van der Waals surface area contributed by atoms with Crippen LogP contribution in [0.5, 0.6) is 0 Å². The highest BCUT2D eigenvalue weighted by Crippen LogP contribution is 2.22. The molecule has 14 heavy (non-hydrogen) atoms. The summed E-state index contributed by atoms with van der Waals surface area (Å²) in [7, 11) is 0. The van der Waals surface area contributed by atoms with Crippen molar-refractivity contribution >= 4 is 5.97 Å². The number of aryl methyl sites for hydroxylation is 2. The predicted octanol–water partition coefficient (Wildman–Crippen LogP) is 0.624. The molecule has 1 aromatic heterocycles. The lowest BCUT2D eigenvalue weighted by molar-refractivity contribution is -0.138. The van der Waals surface area contributed by atoms with Crippen molar-refractivity contribution in [1.29, 1.82) is 0 Å². The topological polar surface area (TPSA) is 68.0 Å². The third kappa shape index (κ3) is 1.62. The Labute approximate surface area is 81.8 Å². The zero-order valence-corrected chi connectivity index (χ0v) is 8.10. The molecule has 5 heteroatoms. The Hall–Kier alpha value is -1.39. The molecule has 1 unspecified atom stereocenters. The predicted molar refractivity (Wildman–Crippen MR) is 48.8 cm³/mol. The standard InChI is InChI=1S/C9H13N3O2/c1-6-10-11-8-3-2-7(4-9(13)14)5-12(6)8/h7H,2-5H2,1H3,(H,13,14). The summed E-state index contributed by atoms with van der Waals surface area (Å²) in [5.41, 5.74) is 0. The molecule has 0 bridgehead atoms. The quantitative estimate of drug-likeness (QED) is 0.751. The number of hydrogen-bond donors (Lipinski definition) is 1. The van der Waals surface area contributed by atoms with E-state index in [2.05, 4.69) is 10.2 Å². The molecule has 1 aromatic rings. The van der Waals surface area contributed by atoms with Crippen molar-refractivity contribution < 1.29 is 9.90 Å². The number of fused-ring (bicyclic) bond motifs is 1. The van der Waals surface area contributed by atoms with Crippen LogP contribution in [0.25, 0.3) is 0 Å². The lowest BCUT2D eigenvalue weighted by Crippen LogP contribution is -2.23. The minimum absolute atomic E-state index is 0.231. The molecule has 2 heterocycles. The van der Waals surface area contributed by atoms with Crippen LogP contribution in [0.3, 0.4) is 0 Å².